The van der Waals surface area contributed by atoms with Gasteiger partial charge in [-0.1, -0.05) is 0 Å². The topological polar surface area (TPSA) is 15.3 Å². The summed E-state index contributed by atoms with van der Waals surface area (Å²) >= 11 is 0. The molecule has 0 unspecified atom stereocenters. The Kier molecular flexibility index (Phi) is 2.16. The zero-order valence-electron chi connectivity index (χ0n) is 9.19. The SMILES string of the molecule is CC(C)(C)N1CCC2(CC1)CNC2.[HH]. The molecule has 2 fully saturated rings. The molecule has 0 aliphatic carbocycles. The average Bonchev–Trinajstić information content (AvgIpc) is 2.00. The van der Waals surface area contributed by atoms with Crippen molar-refractivity contribution in [2.24, 2.45) is 5.41 Å². The van der Waals surface area contributed by atoms with Crippen molar-refractivity contribution in [1.29, 1.82) is 0 Å². The van der Waals surface area contributed by atoms with E-state index >= 15 is 0 Å². The van der Waals surface area contributed by atoms with E-state index in [0.29, 0.717) is 11.0 Å². The van der Waals surface area contributed by atoms with Crippen LogP contribution in [0, 0.1) is 5.41 Å². The van der Waals surface area contributed by atoms with Gasteiger partial charge in [0.25, 0.3) is 0 Å². The fraction of sp³-hybridized carbons (Fsp3) is 1.00. The van der Waals surface area contributed by atoms with Gasteiger partial charge in [0.1, 0.15) is 0 Å². The molecule has 2 heterocycles. The molecule has 2 aliphatic heterocycles. The molecule has 0 bridgehead atoms. The van der Waals surface area contributed by atoms with Gasteiger partial charge in [0.05, 0.1) is 0 Å². The molecule has 13 heavy (non-hydrogen) atoms. The third-order valence-electron chi connectivity index (χ3n) is 3.77. The van der Waals surface area contributed by atoms with Crippen molar-refractivity contribution < 1.29 is 1.43 Å². The summed E-state index contributed by atoms with van der Waals surface area (Å²) in [6, 6.07) is 0. The summed E-state index contributed by atoms with van der Waals surface area (Å²) in [4.78, 5) is 2.62. The van der Waals surface area contributed by atoms with Crippen LogP contribution in [0.4, 0.5) is 0 Å². The highest BCUT2D eigenvalue weighted by molar-refractivity contribution is 4.97. The van der Waals surface area contributed by atoms with Gasteiger partial charge in [-0.3, -0.25) is 4.90 Å². The lowest BCUT2D eigenvalue weighted by molar-refractivity contribution is 0.0137. The molecule has 0 aromatic heterocycles. The number of nitrogens with one attached hydrogen (secondary N) is 1. The second kappa shape index (κ2) is 2.96. The summed E-state index contributed by atoms with van der Waals surface area (Å²) in [5, 5.41) is 3.41. The third kappa shape index (κ3) is 1.75. The number of likely N-dealkylation sites (tertiary alicyclic amines) is 1. The molecule has 1 spiro atoms. The standard InChI is InChI=1S/C11H22N2.H2/c1-10(2,3)13-6-4-11(5-7-13)8-12-9-11;/h12H,4-9H2,1-3H3;1H. The molecule has 0 amide bonds. The van der Waals surface area contributed by atoms with E-state index in [0.717, 1.165) is 0 Å². The Morgan fingerprint density at radius 1 is 1.15 bits per heavy atom. The lowest BCUT2D eigenvalue weighted by Gasteiger charge is -2.51. The molecule has 2 nitrogen and oxygen atoms in total. The van der Waals surface area contributed by atoms with Crippen molar-refractivity contribution in [3.63, 3.8) is 0 Å². The number of hydrogen-bond acceptors (Lipinski definition) is 2. The van der Waals surface area contributed by atoms with E-state index in [-0.39, 0.29) is 1.43 Å². The van der Waals surface area contributed by atoms with Crippen LogP contribution in [0.25, 0.3) is 0 Å². The monoisotopic (exact) mass is 184 g/mol. The maximum Gasteiger partial charge on any atom is 0.0125 e. The largest absolute Gasteiger partial charge is 0.316 e. The van der Waals surface area contributed by atoms with Gasteiger partial charge in [0.2, 0.25) is 0 Å². The van der Waals surface area contributed by atoms with Gasteiger partial charge in [-0.2, -0.15) is 0 Å². The van der Waals surface area contributed by atoms with Gasteiger partial charge in [0.15, 0.2) is 0 Å². The van der Waals surface area contributed by atoms with Crippen LogP contribution < -0.4 is 5.32 Å². The number of piperidine rings is 1. The van der Waals surface area contributed by atoms with Crippen molar-refractivity contribution in [3.05, 3.63) is 0 Å². The van der Waals surface area contributed by atoms with Crippen molar-refractivity contribution in [2.75, 3.05) is 26.2 Å². The van der Waals surface area contributed by atoms with Crippen LogP contribution >= 0.6 is 0 Å². The number of nitrogens with zero attached hydrogens (tertiary/aromatic N) is 1. The molecule has 0 aromatic rings. The van der Waals surface area contributed by atoms with E-state index in [4.69, 9.17) is 0 Å². The van der Waals surface area contributed by atoms with Crippen molar-refractivity contribution in [2.45, 2.75) is 39.2 Å². The van der Waals surface area contributed by atoms with E-state index in [9.17, 15) is 0 Å². The first-order chi connectivity index (χ1) is 6.02. The highest BCUT2D eigenvalue weighted by Gasteiger charge is 2.41. The van der Waals surface area contributed by atoms with Gasteiger partial charge in [-0.25, -0.2) is 0 Å². The zero-order valence-corrected chi connectivity index (χ0v) is 9.19. The van der Waals surface area contributed by atoms with Crippen LogP contribution in [-0.2, 0) is 0 Å². The fourth-order valence-electron chi connectivity index (χ4n) is 2.48. The van der Waals surface area contributed by atoms with Crippen molar-refractivity contribution in [3.8, 4) is 0 Å². The highest BCUT2D eigenvalue weighted by atomic mass is 15.2. The molecule has 2 aliphatic rings. The lowest BCUT2D eigenvalue weighted by Crippen LogP contribution is -2.60. The molecule has 2 saturated heterocycles. The Morgan fingerprint density at radius 2 is 1.69 bits per heavy atom. The zero-order chi connectivity index (χ0) is 9.53. The molecule has 0 radical (unpaired) electrons. The summed E-state index contributed by atoms with van der Waals surface area (Å²) < 4.78 is 0. The minimum atomic E-state index is 0. The Bertz CT molecular complexity index is 184. The smallest absolute Gasteiger partial charge is 0.0125 e. The van der Waals surface area contributed by atoms with E-state index in [1.807, 2.05) is 0 Å². The molecular formula is C11H24N2. The normalized spacial score (nSPS) is 28.8. The van der Waals surface area contributed by atoms with Crippen LogP contribution in [0.15, 0.2) is 0 Å². The van der Waals surface area contributed by atoms with Crippen LogP contribution in [0.3, 0.4) is 0 Å². The van der Waals surface area contributed by atoms with E-state index in [1.165, 1.54) is 39.0 Å². The minimum Gasteiger partial charge on any atom is -0.316 e. The van der Waals surface area contributed by atoms with E-state index in [2.05, 4.69) is 31.0 Å². The predicted octanol–water partition coefficient (Wildman–Crippen LogP) is 1.72. The summed E-state index contributed by atoms with van der Waals surface area (Å²) in [5.74, 6) is 0. The quantitative estimate of drug-likeness (QED) is 0.616. The number of hydrogen-bond donors (Lipinski definition) is 1. The molecule has 0 aromatic carbocycles. The second-order valence-corrected chi connectivity index (χ2v) is 5.76. The highest BCUT2D eigenvalue weighted by Crippen LogP contribution is 2.36. The van der Waals surface area contributed by atoms with E-state index < -0.39 is 0 Å². The molecule has 0 atom stereocenters. The van der Waals surface area contributed by atoms with Crippen molar-refractivity contribution in [1.82, 2.24) is 10.2 Å². The first-order valence-electron chi connectivity index (χ1n) is 5.48. The maximum absolute atomic E-state index is 3.41. The van der Waals surface area contributed by atoms with Crippen LogP contribution in [0.5, 0.6) is 0 Å². The molecule has 1 N–H and O–H groups in total. The van der Waals surface area contributed by atoms with Gasteiger partial charge in [0, 0.05) is 20.1 Å². The maximum atomic E-state index is 3.41. The van der Waals surface area contributed by atoms with Crippen LogP contribution in [0.1, 0.15) is 35.0 Å². The van der Waals surface area contributed by atoms with Gasteiger partial charge < -0.3 is 5.32 Å². The third-order valence-corrected chi connectivity index (χ3v) is 3.77. The Hall–Kier alpha value is -0.0800. The van der Waals surface area contributed by atoms with E-state index in [1.54, 1.807) is 0 Å². The molecule has 0 saturated carbocycles. The Balaban J connectivity index is 0.000000980. The average molecular weight is 184 g/mol. The second-order valence-electron chi connectivity index (χ2n) is 5.76. The first-order valence-corrected chi connectivity index (χ1v) is 5.48. The summed E-state index contributed by atoms with van der Waals surface area (Å²) in [6.07, 6.45) is 2.80. The van der Waals surface area contributed by atoms with Gasteiger partial charge in [-0.15, -0.1) is 0 Å². The van der Waals surface area contributed by atoms with Gasteiger partial charge in [-0.05, 0) is 52.1 Å². The molecular weight excluding hydrogens is 160 g/mol. The molecule has 2 rings (SSSR count). The van der Waals surface area contributed by atoms with Crippen molar-refractivity contribution >= 4 is 0 Å². The minimum absolute atomic E-state index is 0. The lowest BCUT2D eigenvalue weighted by atomic mass is 9.73. The van der Waals surface area contributed by atoms with Crippen LogP contribution in [0.2, 0.25) is 0 Å². The predicted molar refractivity (Wildman–Crippen MR) is 58.0 cm³/mol. The Morgan fingerprint density at radius 3 is 2.00 bits per heavy atom. The molecule has 78 valence electrons. The summed E-state index contributed by atoms with van der Waals surface area (Å²) in [6.45, 7) is 12.1. The molecule has 2 heteroatoms. The Labute approximate surface area is 83.2 Å². The number of rotatable bonds is 0. The van der Waals surface area contributed by atoms with Gasteiger partial charge >= 0.3 is 0 Å². The fourth-order valence-corrected chi connectivity index (χ4v) is 2.48. The first kappa shape index (κ1) is 9.47. The van der Waals surface area contributed by atoms with Crippen LogP contribution in [-0.4, -0.2) is 36.6 Å². The summed E-state index contributed by atoms with van der Waals surface area (Å²) in [7, 11) is 0. The summed E-state index contributed by atoms with van der Waals surface area (Å²) in [5.41, 5.74) is 1.07.